The van der Waals surface area contributed by atoms with Crippen LogP contribution in [0.15, 0.2) is 22.5 Å². The number of aromatic amines is 1. The zero-order chi connectivity index (χ0) is 30.2. The molecule has 0 saturated carbocycles. The number of imidazole rings is 1. The van der Waals surface area contributed by atoms with Crippen LogP contribution in [0.1, 0.15) is 45.2 Å². The zero-order valence-corrected chi connectivity index (χ0v) is 22.8. The standard InChI is InChI=1S/C23H42N12O5/c1-12(2)17(21(39)40)35-20(38)16(9-13-10-29-11-32-13)34-19(37)15(6-4-8-31-23(27)28)33-18(36)14(24)5-3-7-30-22(25)26/h10-12,14-17H,3-9,24H2,1-2H3,(H,29,32)(H,33,36)(H,34,37)(H,35,38)(H,39,40)(H4,25,26,30)(H4,27,28,31). The van der Waals surface area contributed by atoms with Crippen molar-refractivity contribution in [2.75, 3.05) is 13.1 Å². The molecule has 0 spiro atoms. The molecule has 40 heavy (non-hydrogen) atoms. The zero-order valence-electron chi connectivity index (χ0n) is 22.8. The van der Waals surface area contributed by atoms with Crippen molar-refractivity contribution < 1.29 is 24.3 Å². The van der Waals surface area contributed by atoms with Gasteiger partial charge in [0.05, 0.1) is 12.4 Å². The molecule has 3 amide bonds. The van der Waals surface area contributed by atoms with E-state index in [4.69, 9.17) is 28.7 Å². The van der Waals surface area contributed by atoms with Crippen molar-refractivity contribution in [3.8, 4) is 0 Å². The summed E-state index contributed by atoms with van der Waals surface area (Å²) in [6, 6.07) is -4.41. The molecular formula is C23H42N12O5. The van der Waals surface area contributed by atoms with E-state index in [0.29, 0.717) is 18.5 Å². The average molecular weight is 567 g/mol. The van der Waals surface area contributed by atoms with Crippen molar-refractivity contribution in [3.05, 3.63) is 18.2 Å². The van der Waals surface area contributed by atoms with Gasteiger partial charge in [0.2, 0.25) is 17.7 Å². The first-order valence-corrected chi connectivity index (χ1v) is 12.8. The molecule has 17 heteroatoms. The van der Waals surface area contributed by atoms with Crippen molar-refractivity contribution in [2.24, 2.45) is 44.6 Å². The summed E-state index contributed by atoms with van der Waals surface area (Å²) in [4.78, 5) is 65.3. The molecule has 224 valence electrons. The van der Waals surface area contributed by atoms with Gasteiger partial charge in [-0.15, -0.1) is 0 Å². The third-order valence-electron chi connectivity index (χ3n) is 5.73. The van der Waals surface area contributed by atoms with Crippen LogP contribution in [0.25, 0.3) is 0 Å². The number of carbonyl (C=O) groups is 4. The van der Waals surface area contributed by atoms with E-state index in [-0.39, 0.29) is 44.3 Å². The molecule has 1 aromatic heterocycles. The molecule has 4 unspecified atom stereocenters. The Balaban J connectivity index is 3.05. The SMILES string of the molecule is CC(C)C(NC(=O)C(Cc1cnc[nH]1)NC(=O)C(CCCN=C(N)N)NC(=O)C(N)CCCN=C(N)N)C(=O)O. The number of carboxylic acid groups (broad SMARTS) is 1. The largest absolute Gasteiger partial charge is 0.480 e. The Hall–Kier alpha value is -4.41. The lowest BCUT2D eigenvalue weighted by Gasteiger charge is -2.26. The van der Waals surface area contributed by atoms with Gasteiger partial charge in [-0.2, -0.15) is 0 Å². The van der Waals surface area contributed by atoms with Crippen LogP contribution >= 0.6 is 0 Å². The predicted molar refractivity (Wildman–Crippen MR) is 148 cm³/mol. The molecule has 0 radical (unpaired) electrons. The minimum Gasteiger partial charge on any atom is -0.480 e. The Morgan fingerprint density at radius 3 is 1.95 bits per heavy atom. The Kier molecular flexibility index (Phi) is 14.5. The predicted octanol–water partition coefficient (Wildman–Crippen LogP) is -3.42. The summed E-state index contributed by atoms with van der Waals surface area (Å²) in [6.07, 6.45) is 3.99. The first-order valence-electron chi connectivity index (χ1n) is 12.8. The quantitative estimate of drug-likeness (QED) is 0.0473. The summed E-state index contributed by atoms with van der Waals surface area (Å²) >= 11 is 0. The van der Waals surface area contributed by atoms with E-state index >= 15 is 0 Å². The van der Waals surface area contributed by atoms with Crippen LogP contribution in [0.3, 0.4) is 0 Å². The molecule has 17 nitrogen and oxygen atoms in total. The Bertz CT molecular complexity index is 1020. The summed E-state index contributed by atoms with van der Waals surface area (Å²) in [5, 5.41) is 17.2. The highest BCUT2D eigenvalue weighted by Crippen LogP contribution is 2.07. The summed E-state index contributed by atoms with van der Waals surface area (Å²) in [5.74, 6) is -3.82. The number of nitrogens with zero attached hydrogens (tertiary/aromatic N) is 3. The van der Waals surface area contributed by atoms with Crippen molar-refractivity contribution >= 4 is 35.6 Å². The fourth-order valence-electron chi connectivity index (χ4n) is 3.57. The highest BCUT2D eigenvalue weighted by atomic mass is 16.4. The second-order valence-electron chi connectivity index (χ2n) is 9.48. The monoisotopic (exact) mass is 566 g/mol. The number of hydrogen-bond acceptors (Lipinski definition) is 8. The van der Waals surface area contributed by atoms with Crippen LogP contribution < -0.4 is 44.6 Å². The summed E-state index contributed by atoms with van der Waals surface area (Å²) in [5.41, 5.74) is 27.8. The minimum absolute atomic E-state index is 0.0129. The number of nitrogens with two attached hydrogens (primary N) is 5. The molecule has 0 bridgehead atoms. The van der Waals surface area contributed by atoms with Gasteiger partial charge >= 0.3 is 5.97 Å². The van der Waals surface area contributed by atoms with E-state index < -0.39 is 53.8 Å². The Labute approximate surface area is 232 Å². The average Bonchev–Trinajstić information content (AvgIpc) is 3.38. The van der Waals surface area contributed by atoms with Crippen molar-refractivity contribution in [1.82, 2.24) is 25.9 Å². The first kappa shape index (κ1) is 33.6. The molecule has 0 aromatic carbocycles. The fraction of sp³-hybridized carbons (Fsp3) is 0.609. The Morgan fingerprint density at radius 2 is 1.45 bits per heavy atom. The van der Waals surface area contributed by atoms with Crippen molar-refractivity contribution in [2.45, 2.75) is 70.1 Å². The van der Waals surface area contributed by atoms with Crippen molar-refractivity contribution in [1.29, 1.82) is 0 Å². The highest BCUT2D eigenvalue weighted by molar-refractivity contribution is 5.94. The number of aromatic nitrogens is 2. The second kappa shape index (κ2) is 17.2. The summed E-state index contributed by atoms with van der Waals surface area (Å²) in [7, 11) is 0. The fourth-order valence-corrected chi connectivity index (χ4v) is 3.57. The minimum atomic E-state index is -1.21. The van der Waals surface area contributed by atoms with Gasteiger partial charge < -0.3 is 54.7 Å². The molecular weight excluding hydrogens is 524 g/mol. The van der Waals surface area contributed by atoms with Crippen LogP contribution in [0.2, 0.25) is 0 Å². The number of guanidine groups is 2. The van der Waals surface area contributed by atoms with Gasteiger partial charge in [0.1, 0.15) is 18.1 Å². The normalized spacial score (nSPS) is 13.8. The smallest absolute Gasteiger partial charge is 0.326 e. The molecule has 0 aliphatic heterocycles. The molecule has 0 fully saturated rings. The van der Waals surface area contributed by atoms with Gasteiger partial charge in [-0.25, -0.2) is 9.78 Å². The number of aliphatic carboxylic acids is 1. The molecule has 15 N–H and O–H groups in total. The van der Waals surface area contributed by atoms with Gasteiger partial charge in [0.25, 0.3) is 0 Å². The number of H-pyrrole nitrogens is 1. The van der Waals surface area contributed by atoms with Crippen LogP contribution in [-0.2, 0) is 25.6 Å². The summed E-state index contributed by atoms with van der Waals surface area (Å²) in [6.45, 7) is 3.76. The number of carbonyl (C=O) groups excluding carboxylic acids is 3. The van der Waals surface area contributed by atoms with Crippen molar-refractivity contribution in [3.63, 3.8) is 0 Å². The van der Waals surface area contributed by atoms with E-state index in [9.17, 15) is 24.3 Å². The maximum Gasteiger partial charge on any atom is 0.326 e. The lowest BCUT2D eigenvalue weighted by molar-refractivity contribution is -0.143. The summed E-state index contributed by atoms with van der Waals surface area (Å²) < 4.78 is 0. The number of rotatable bonds is 18. The third-order valence-corrected chi connectivity index (χ3v) is 5.73. The topological polar surface area (TPSA) is 308 Å². The van der Waals surface area contributed by atoms with Gasteiger partial charge in [0, 0.05) is 31.4 Å². The second-order valence-corrected chi connectivity index (χ2v) is 9.48. The maximum atomic E-state index is 13.3. The van der Waals surface area contributed by atoms with Crippen LogP contribution in [0, 0.1) is 5.92 Å². The number of aliphatic imine (C=N–C) groups is 2. The number of amides is 3. The van der Waals surface area contributed by atoms with Gasteiger partial charge in [-0.1, -0.05) is 13.8 Å². The molecule has 0 saturated heterocycles. The number of carboxylic acids is 1. The molecule has 1 aromatic rings. The van der Waals surface area contributed by atoms with Gasteiger partial charge in [-0.3, -0.25) is 24.4 Å². The van der Waals surface area contributed by atoms with Crippen LogP contribution in [0.4, 0.5) is 0 Å². The Morgan fingerprint density at radius 1 is 0.900 bits per heavy atom. The molecule has 0 aliphatic carbocycles. The van der Waals surface area contributed by atoms with E-state index in [1.807, 2.05) is 0 Å². The maximum absolute atomic E-state index is 13.3. The molecule has 0 aliphatic rings. The van der Waals surface area contributed by atoms with Gasteiger partial charge in [0.15, 0.2) is 11.9 Å². The molecule has 1 heterocycles. The number of hydrogen-bond donors (Lipinski definition) is 10. The molecule has 1 rings (SSSR count). The third kappa shape index (κ3) is 12.9. The first-order chi connectivity index (χ1) is 18.8. The molecule has 4 atom stereocenters. The van der Waals surface area contributed by atoms with E-state index in [2.05, 4.69) is 35.9 Å². The van der Waals surface area contributed by atoms with Crippen LogP contribution in [0.5, 0.6) is 0 Å². The van der Waals surface area contributed by atoms with E-state index in [0.717, 1.165) is 0 Å². The van der Waals surface area contributed by atoms with Gasteiger partial charge in [-0.05, 0) is 31.6 Å². The van der Waals surface area contributed by atoms with Crippen LogP contribution in [-0.4, -0.2) is 87.9 Å². The highest BCUT2D eigenvalue weighted by Gasteiger charge is 2.31. The lowest BCUT2D eigenvalue weighted by Crippen LogP contribution is -2.58. The lowest BCUT2D eigenvalue weighted by atomic mass is 10.0. The van der Waals surface area contributed by atoms with E-state index in [1.54, 1.807) is 13.8 Å². The number of nitrogens with one attached hydrogen (secondary N) is 4. The van der Waals surface area contributed by atoms with E-state index in [1.165, 1.54) is 12.5 Å².